The van der Waals surface area contributed by atoms with E-state index in [2.05, 4.69) is 30.2 Å². The number of hydrogen-bond acceptors (Lipinski definition) is 3. The predicted molar refractivity (Wildman–Crippen MR) is 84.2 cm³/mol. The van der Waals surface area contributed by atoms with Gasteiger partial charge in [0.05, 0.1) is 0 Å². The Bertz CT molecular complexity index is 586. The Hall–Kier alpha value is -2.16. The number of benzene rings is 2. The van der Waals surface area contributed by atoms with Crippen LogP contribution < -0.4 is 5.84 Å². The van der Waals surface area contributed by atoms with Crippen LogP contribution in [-0.4, -0.2) is 11.9 Å². The van der Waals surface area contributed by atoms with Crippen LogP contribution in [0, 0.1) is 5.41 Å². The second-order valence-corrected chi connectivity index (χ2v) is 3.91. The van der Waals surface area contributed by atoms with E-state index in [1.54, 1.807) is 0 Å². The smallest absolute Gasteiger partial charge is 0.107 e. The van der Waals surface area contributed by atoms with E-state index >= 15 is 0 Å². The molecular formula is C16H21N3. The average molecular weight is 255 g/mol. The molecule has 2 rings (SSSR count). The quantitative estimate of drug-likeness (QED) is 0.490. The van der Waals surface area contributed by atoms with E-state index in [0.717, 1.165) is 17.4 Å². The Morgan fingerprint density at radius 3 is 2.37 bits per heavy atom. The first kappa shape index (κ1) is 14.9. The highest BCUT2D eigenvalue weighted by Crippen LogP contribution is 2.18. The summed E-state index contributed by atoms with van der Waals surface area (Å²) >= 11 is 0. The van der Waals surface area contributed by atoms with Gasteiger partial charge in [0.1, 0.15) is 5.71 Å². The Kier molecular flexibility index (Phi) is 5.73. The molecular weight excluding hydrogens is 234 g/mol. The summed E-state index contributed by atoms with van der Waals surface area (Å²) in [6.45, 7) is 6.14. The molecule has 3 N–H and O–H groups in total. The first-order valence-electron chi connectivity index (χ1n) is 6.60. The highest BCUT2D eigenvalue weighted by atomic mass is 15.1. The van der Waals surface area contributed by atoms with Gasteiger partial charge >= 0.3 is 0 Å². The third-order valence-corrected chi connectivity index (χ3v) is 2.88. The Balaban J connectivity index is 0.000000861. The SMILES string of the molecule is CC.CCc1ccc2cc(/C(C=N)=N/N)ccc2c1. The number of fused-ring (bicyclic) bond motifs is 1. The maximum absolute atomic E-state index is 7.23. The van der Waals surface area contributed by atoms with E-state index in [-0.39, 0.29) is 0 Å². The number of nitrogens with zero attached hydrogens (tertiary/aromatic N) is 1. The van der Waals surface area contributed by atoms with Crippen molar-refractivity contribution < 1.29 is 0 Å². The van der Waals surface area contributed by atoms with Gasteiger partial charge in [-0.1, -0.05) is 51.1 Å². The molecule has 0 spiro atoms. The monoisotopic (exact) mass is 255 g/mol. The van der Waals surface area contributed by atoms with Crippen molar-refractivity contribution in [2.24, 2.45) is 10.9 Å². The summed E-state index contributed by atoms with van der Waals surface area (Å²) in [7, 11) is 0. The fraction of sp³-hybridized carbons (Fsp3) is 0.250. The summed E-state index contributed by atoms with van der Waals surface area (Å²) < 4.78 is 0. The van der Waals surface area contributed by atoms with Gasteiger partial charge in [-0.3, -0.25) is 0 Å². The summed E-state index contributed by atoms with van der Waals surface area (Å²) in [5.74, 6) is 5.24. The van der Waals surface area contributed by atoms with Crippen LogP contribution >= 0.6 is 0 Å². The van der Waals surface area contributed by atoms with Crippen molar-refractivity contribution in [1.82, 2.24) is 0 Å². The molecule has 0 amide bonds. The molecule has 3 heteroatoms. The molecule has 0 aliphatic heterocycles. The summed E-state index contributed by atoms with van der Waals surface area (Å²) in [5, 5.41) is 13.2. The molecule has 0 saturated carbocycles. The number of rotatable bonds is 3. The van der Waals surface area contributed by atoms with Crippen LogP contribution in [-0.2, 0) is 6.42 Å². The van der Waals surface area contributed by atoms with Gasteiger partial charge in [0.25, 0.3) is 0 Å². The molecule has 2 aromatic rings. The molecule has 0 aromatic heterocycles. The van der Waals surface area contributed by atoms with Crippen molar-refractivity contribution in [1.29, 1.82) is 5.41 Å². The molecule has 0 aliphatic carbocycles. The van der Waals surface area contributed by atoms with Gasteiger partial charge < -0.3 is 11.3 Å². The molecule has 0 heterocycles. The normalized spacial score (nSPS) is 10.8. The zero-order chi connectivity index (χ0) is 14.3. The Labute approximate surface area is 114 Å². The van der Waals surface area contributed by atoms with Crippen molar-refractivity contribution in [2.75, 3.05) is 0 Å². The van der Waals surface area contributed by atoms with Gasteiger partial charge in [0.15, 0.2) is 0 Å². The number of hydrogen-bond donors (Lipinski definition) is 2. The second kappa shape index (κ2) is 7.31. The van der Waals surface area contributed by atoms with E-state index in [1.165, 1.54) is 17.2 Å². The van der Waals surface area contributed by atoms with E-state index in [4.69, 9.17) is 11.3 Å². The van der Waals surface area contributed by atoms with Gasteiger partial charge in [-0.25, -0.2) is 0 Å². The summed E-state index contributed by atoms with van der Waals surface area (Å²) in [6.07, 6.45) is 2.20. The Morgan fingerprint density at radius 1 is 1.16 bits per heavy atom. The lowest BCUT2D eigenvalue weighted by Gasteiger charge is -2.04. The molecule has 3 nitrogen and oxygen atoms in total. The summed E-state index contributed by atoms with van der Waals surface area (Å²) in [5.41, 5.74) is 2.69. The standard InChI is InChI=1S/C14H15N3.C2H6/c1-2-10-3-4-12-8-13(14(9-15)17-16)6-5-11(12)7-10;1-2/h3-9,15H,2,16H2,1H3;1-2H3/b15-9?,17-14+;. The topological polar surface area (TPSA) is 62.2 Å². The van der Waals surface area contributed by atoms with E-state index in [1.807, 2.05) is 32.0 Å². The van der Waals surface area contributed by atoms with E-state index < -0.39 is 0 Å². The third-order valence-electron chi connectivity index (χ3n) is 2.88. The maximum Gasteiger partial charge on any atom is 0.107 e. The van der Waals surface area contributed by atoms with Gasteiger partial charge in [0, 0.05) is 11.8 Å². The fourth-order valence-corrected chi connectivity index (χ4v) is 1.87. The van der Waals surface area contributed by atoms with Gasteiger partial charge in [-0.2, -0.15) is 5.10 Å². The second-order valence-electron chi connectivity index (χ2n) is 3.91. The van der Waals surface area contributed by atoms with Crippen molar-refractivity contribution in [3.63, 3.8) is 0 Å². The lowest BCUT2D eigenvalue weighted by atomic mass is 10.0. The van der Waals surface area contributed by atoms with Gasteiger partial charge in [-0.15, -0.1) is 0 Å². The molecule has 2 aromatic carbocycles. The largest absolute Gasteiger partial charge is 0.323 e. The van der Waals surface area contributed by atoms with Crippen molar-refractivity contribution in [3.05, 3.63) is 47.5 Å². The number of aryl methyl sites for hydroxylation is 1. The molecule has 0 radical (unpaired) electrons. The minimum absolute atomic E-state index is 0.492. The van der Waals surface area contributed by atoms with Gasteiger partial charge in [-0.05, 0) is 28.8 Å². The van der Waals surface area contributed by atoms with Gasteiger partial charge in [0.2, 0.25) is 0 Å². The summed E-state index contributed by atoms with van der Waals surface area (Å²) in [4.78, 5) is 0. The third kappa shape index (κ3) is 3.41. The van der Waals surface area contributed by atoms with Crippen LogP contribution in [0.2, 0.25) is 0 Å². The molecule has 0 atom stereocenters. The minimum Gasteiger partial charge on any atom is -0.323 e. The molecule has 0 fully saturated rings. The predicted octanol–water partition coefficient (Wildman–Crippen LogP) is 3.74. The number of hydrazone groups is 1. The van der Waals surface area contributed by atoms with Crippen LogP contribution in [0.3, 0.4) is 0 Å². The highest BCUT2D eigenvalue weighted by Gasteiger charge is 2.02. The molecule has 100 valence electrons. The van der Waals surface area contributed by atoms with Crippen molar-refractivity contribution in [3.8, 4) is 0 Å². The zero-order valence-electron chi connectivity index (χ0n) is 11.8. The fourth-order valence-electron chi connectivity index (χ4n) is 1.87. The molecule has 0 saturated heterocycles. The van der Waals surface area contributed by atoms with E-state index in [9.17, 15) is 0 Å². The average Bonchev–Trinajstić information content (AvgIpc) is 2.50. The highest BCUT2D eigenvalue weighted by molar-refractivity contribution is 6.37. The minimum atomic E-state index is 0.492. The van der Waals surface area contributed by atoms with Crippen LogP contribution in [0.5, 0.6) is 0 Å². The van der Waals surface area contributed by atoms with Crippen LogP contribution in [0.1, 0.15) is 31.9 Å². The number of nitrogens with one attached hydrogen (secondary N) is 1. The van der Waals surface area contributed by atoms with Crippen molar-refractivity contribution in [2.45, 2.75) is 27.2 Å². The first-order valence-corrected chi connectivity index (χ1v) is 6.60. The first-order chi connectivity index (χ1) is 9.28. The maximum atomic E-state index is 7.23. The molecule has 19 heavy (non-hydrogen) atoms. The van der Waals surface area contributed by atoms with Crippen LogP contribution in [0.4, 0.5) is 0 Å². The van der Waals surface area contributed by atoms with Crippen molar-refractivity contribution >= 4 is 22.7 Å². The number of nitrogens with two attached hydrogens (primary N) is 1. The van der Waals surface area contributed by atoms with E-state index in [0.29, 0.717) is 5.71 Å². The summed E-state index contributed by atoms with van der Waals surface area (Å²) in [6, 6.07) is 12.4. The lowest BCUT2D eigenvalue weighted by molar-refractivity contribution is 1.15. The molecule has 0 aliphatic rings. The lowest BCUT2D eigenvalue weighted by Crippen LogP contribution is -2.04. The van der Waals surface area contributed by atoms with Crippen LogP contribution in [0.25, 0.3) is 10.8 Å². The Morgan fingerprint density at radius 2 is 1.79 bits per heavy atom. The zero-order valence-corrected chi connectivity index (χ0v) is 11.8. The van der Waals surface area contributed by atoms with Crippen LogP contribution in [0.15, 0.2) is 41.5 Å². The molecule has 0 bridgehead atoms. The molecule has 0 unspecified atom stereocenters.